The molecule has 0 aliphatic heterocycles. The van der Waals surface area contributed by atoms with Crippen LogP contribution >= 0.6 is 0 Å². The number of benzene rings is 3. The van der Waals surface area contributed by atoms with E-state index >= 15 is 0 Å². The summed E-state index contributed by atoms with van der Waals surface area (Å²) in [5, 5.41) is 2.87. The molecule has 30 heavy (non-hydrogen) atoms. The van der Waals surface area contributed by atoms with Crippen LogP contribution in [0.5, 0.6) is 11.5 Å². The molecule has 0 unspecified atom stereocenters. The quantitative estimate of drug-likeness (QED) is 0.479. The molecule has 0 saturated heterocycles. The Bertz CT molecular complexity index is 950. The van der Waals surface area contributed by atoms with Crippen molar-refractivity contribution in [1.29, 1.82) is 0 Å². The molecule has 0 aliphatic carbocycles. The third-order valence-electron chi connectivity index (χ3n) is 5.29. The smallest absolute Gasteiger partial charge is 0.262 e. The first kappa shape index (κ1) is 21.4. The van der Waals surface area contributed by atoms with Crippen molar-refractivity contribution in [3.05, 3.63) is 90.0 Å². The van der Waals surface area contributed by atoms with E-state index in [0.717, 1.165) is 12.0 Å². The van der Waals surface area contributed by atoms with Gasteiger partial charge in [-0.15, -0.1) is 0 Å². The lowest BCUT2D eigenvalue weighted by Gasteiger charge is -2.23. The molecule has 4 nitrogen and oxygen atoms in total. The van der Waals surface area contributed by atoms with E-state index in [9.17, 15) is 4.79 Å². The summed E-state index contributed by atoms with van der Waals surface area (Å²) in [7, 11) is 0. The van der Waals surface area contributed by atoms with Gasteiger partial charge in [0, 0.05) is 0 Å². The fourth-order valence-electron chi connectivity index (χ4n) is 2.97. The van der Waals surface area contributed by atoms with Crippen LogP contribution < -0.4 is 14.8 Å². The third kappa shape index (κ3) is 5.86. The Kier molecular flexibility index (Phi) is 7.12. The maximum Gasteiger partial charge on any atom is 0.262 e. The average Bonchev–Trinajstić information content (AvgIpc) is 2.78. The number of anilines is 1. The lowest BCUT2D eigenvalue weighted by molar-refractivity contribution is -0.118. The van der Waals surface area contributed by atoms with Crippen molar-refractivity contribution in [1.82, 2.24) is 0 Å². The van der Waals surface area contributed by atoms with Crippen molar-refractivity contribution in [3.63, 3.8) is 0 Å². The van der Waals surface area contributed by atoms with Crippen molar-refractivity contribution in [3.8, 4) is 11.5 Å². The predicted octanol–water partition coefficient (Wildman–Crippen LogP) is 5.97. The van der Waals surface area contributed by atoms with E-state index < -0.39 is 0 Å². The number of amides is 1. The third-order valence-corrected chi connectivity index (χ3v) is 5.29. The fraction of sp³-hybridized carbons (Fsp3) is 0.269. The van der Waals surface area contributed by atoms with Crippen LogP contribution in [0.15, 0.2) is 78.9 Å². The minimum atomic E-state index is -0.233. The van der Waals surface area contributed by atoms with Crippen LogP contribution in [-0.2, 0) is 16.8 Å². The molecule has 1 N–H and O–H groups in total. The molecule has 3 aromatic carbocycles. The van der Waals surface area contributed by atoms with Gasteiger partial charge in [-0.3, -0.25) is 4.79 Å². The number of hydrogen-bond acceptors (Lipinski definition) is 3. The van der Waals surface area contributed by atoms with Gasteiger partial charge in [0.25, 0.3) is 5.91 Å². The minimum Gasteiger partial charge on any atom is -0.487 e. The molecule has 3 aromatic rings. The van der Waals surface area contributed by atoms with Crippen molar-refractivity contribution in [2.75, 3.05) is 11.9 Å². The summed E-state index contributed by atoms with van der Waals surface area (Å²) in [4.78, 5) is 12.4. The molecule has 4 heteroatoms. The Morgan fingerprint density at radius 1 is 0.867 bits per heavy atom. The van der Waals surface area contributed by atoms with Gasteiger partial charge < -0.3 is 14.8 Å². The van der Waals surface area contributed by atoms with Gasteiger partial charge in [0.1, 0.15) is 18.1 Å². The molecular formula is C26H29NO3. The number of nitrogens with one attached hydrogen (secondary N) is 1. The first-order chi connectivity index (χ1) is 14.5. The second-order valence-corrected chi connectivity index (χ2v) is 7.87. The van der Waals surface area contributed by atoms with E-state index in [4.69, 9.17) is 9.47 Å². The van der Waals surface area contributed by atoms with Gasteiger partial charge in [0.2, 0.25) is 0 Å². The molecule has 0 radical (unpaired) electrons. The first-order valence-electron chi connectivity index (χ1n) is 10.3. The highest BCUT2D eigenvalue weighted by Gasteiger charge is 2.17. The average molecular weight is 404 g/mol. The fourth-order valence-corrected chi connectivity index (χ4v) is 2.97. The summed E-state index contributed by atoms with van der Waals surface area (Å²) in [6.07, 6.45) is 1.06. The molecule has 0 aromatic heterocycles. The SMILES string of the molecule is CCC(C)(C)c1ccc(OCC(=O)Nc2ccccc2OCc2ccccc2)cc1. The van der Waals surface area contributed by atoms with Gasteiger partial charge in [-0.1, -0.05) is 75.4 Å². The Labute approximate surface area is 178 Å². The zero-order chi connectivity index (χ0) is 21.4. The summed E-state index contributed by atoms with van der Waals surface area (Å²) in [5.41, 5.74) is 3.07. The summed E-state index contributed by atoms with van der Waals surface area (Å²) < 4.78 is 11.5. The van der Waals surface area contributed by atoms with Gasteiger partial charge in [-0.2, -0.15) is 0 Å². The standard InChI is InChI=1S/C26H29NO3/c1-4-26(2,3)21-14-16-22(17-15-21)29-19-25(28)27-23-12-8-9-13-24(23)30-18-20-10-6-5-7-11-20/h5-17H,4,18-19H2,1-3H3,(H,27,28). The Balaban J connectivity index is 1.55. The second kappa shape index (κ2) is 9.97. The summed E-state index contributed by atoms with van der Waals surface area (Å²) in [5.74, 6) is 1.07. The molecule has 3 rings (SSSR count). The van der Waals surface area contributed by atoms with Crippen LogP contribution in [0, 0.1) is 0 Å². The molecule has 0 spiro atoms. The Hall–Kier alpha value is -3.27. The molecule has 0 saturated carbocycles. The van der Waals surface area contributed by atoms with E-state index in [2.05, 4.69) is 38.2 Å². The van der Waals surface area contributed by atoms with Crippen molar-refractivity contribution in [2.45, 2.75) is 39.2 Å². The molecule has 0 atom stereocenters. The zero-order valence-corrected chi connectivity index (χ0v) is 17.9. The van der Waals surface area contributed by atoms with E-state index in [1.54, 1.807) is 0 Å². The highest BCUT2D eigenvalue weighted by molar-refractivity contribution is 5.93. The Morgan fingerprint density at radius 3 is 2.23 bits per heavy atom. The number of hydrogen-bond donors (Lipinski definition) is 1. The van der Waals surface area contributed by atoms with E-state index in [1.807, 2.05) is 66.7 Å². The monoisotopic (exact) mass is 403 g/mol. The van der Waals surface area contributed by atoms with Gasteiger partial charge >= 0.3 is 0 Å². The van der Waals surface area contributed by atoms with Crippen LogP contribution in [0.3, 0.4) is 0 Å². The first-order valence-corrected chi connectivity index (χ1v) is 10.3. The van der Waals surface area contributed by atoms with E-state index in [-0.39, 0.29) is 17.9 Å². The molecule has 156 valence electrons. The van der Waals surface area contributed by atoms with Crippen LogP contribution in [0.25, 0.3) is 0 Å². The number of para-hydroxylation sites is 2. The minimum absolute atomic E-state index is 0.0659. The van der Waals surface area contributed by atoms with E-state index in [0.29, 0.717) is 23.8 Å². The van der Waals surface area contributed by atoms with Crippen molar-refractivity contribution in [2.24, 2.45) is 0 Å². The van der Waals surface area contributed by atoms with Gasteiger partial charge in [0.15, 0.2) is 6.61 Å². The molecule has 1 amide bonds. The maximum absolute atomic E-state index is 12.4. The molecule has 0 aliphatic rings. The van der Waals surface area contributed by atoms with Gasteiger partial charge in [-0.25, -0.2) is 0 Å². The largest absolute Gasteiger partial charge is 0.487 e. The van der Waals surface area contributed by atoms with Crippen molar-refractivity contribution < 1.29 is 14.3 Å². The lowest BCUT2D eigenvalue weighted by Crippen LogP contribution is -2.20. The summed E-state index contributed by atoms with van der Waals surface area (Å²) in [6, 6.07) is 25.3. The number of carbonyl (C=O) groups excluding carboxylic acids is 1. The molecule has 0 heterocycles. The van der Waals surface area contributed by atoms with Crippen LogP contribution in [0.1, 0.15) is 38.3 Å². The summed E-state index contributed by atoms with van der Waals surface area (Å²) in [6.45, 7) is 6.98. The summed E-state index contributed by atoms with van der Waals surface area (Å²) >= 11 is 0. The number of carbonyl (C=O) groups is 1. The predicted molar refractivity (Wildman–Crippen MR) is 121 cm³/mol. The van der Waals surface area contributed by atoms with E-state index in [1.165, 1.54) is 5.56 Å². The molecule has 0 bridgehead atoms. The van der Waals surface area contributed by atoms with Gasteiger partial charge in [0.05, 0.1) is 5.69 Å². The topological polar surface area (TPSA) is 47.6 Å². The number of ether oxygens (including phenoxy) is 2. The van der Waals surface area contributed by atoms with Gasteiger partial charge in [-0.05, 0) is 47.2 Å². The lowest BCUT2D eigenvalue weighted by atomic mass is 9.82. The highest BCUT2D eigenvalue weighted by atomic mass is 16.5. The maximum atomic E-state index is 12.4. The molecule has 0 fully saturated rings. The van der Waals surface area contributed by atoms with Crippen LogP contribution in [0.2, 0.25) is 0 Å². The van der Waals surface area contributed by atoms with Crippen molar-refractivity contribution >= 4 is 11.6 Å². The Morgan fingerprint density at radius 2 is 1.53 bits per heavy atom. The molecular weight excluding hydrogens is 374 g/mol. The zero-order valence-electron chi connectivity index (χ0n) is 17.9. The van der Waals surface area contributed by atoms with Crippen LogP contribution in [0.4, 0.5) is 5.69 Å². The number of rotatable bonds is 9. The normalized spacial score (nSPS) is 11.0. The highest BCUT2D eigenvalue weighted by Crippen LogP contribution is 2.28. The second-order valence-electron chi connectivity index (χ2n) is 7.87. The van der Waals surface area contributed by atoms with Crippen LogP contribution in [-0.4, -0.2) is 12.5 Å².